The van der Waals surface area contributed by atoms with Crippen molar-refractivity contribution in [3.05, 3.63) is 34.9 Å². The van der Waals surface area contributed by atoms with Crippen LogP contribution in [-0.4, -0.2) is 17.7 Å². The van der Waals surface area contributed by atoms with Crippen LogP contribution in [0.25, 0.3) is 0 Å². The Bertz CT molecular complexity index is 345. The van der Waals surface area contributed by atoms with E-state index in [4.69, 9.17) is 9.84 Å². The average molecular weight is 208 g/mol. The van der Waals surface area contributed by atoms with Crippen LogP contribution in [0, 0.1) is 6.92 Å². The normalized spacial score (nSPS) is 10.3. The van der Waals surface area contributed by atoms with Gasteiger partial charge in [0.25, 0.3) is 0 Å². The molecule has 0 saturated carbocycles. The second kappa shape index (κ2) is 5.51. The minimum Gasteiger partial charge on any atom is -0.478 e. The van der Waals surface area contributed by atoms with Crippen molar-refractivity contribution in [3.63, 3.8) is 0 Å². The predicted molar refractivity (Wildman–Crippen MR) is 58.1 cm³/mol. The van der Waals surface area contributed by atoms with Crippen molar-refractivity contribution in [1.29, 1.82) is 0 Å². The Balaban J connectivity index is 2.81. The van der Waals surface area contributed by atoms with Crippen LogP contribution < -0.4 is 0 Å². The standard InChI is InChI=1S/C12H16O3/c1-3-6-15-8-10-5-4-9(2)7-11(10)12(13)14/h4-5,7H,3,6,8H2,1-2H3,(H,13,14). The molecule has 0 atom stereocenters. The Morgan fingerprint density at radius 3 is 2.80 bits per heavy atom. The fourth-order valence-electron chi connectivity index (χ4n) is 1.34. The Morgan fingerprint density at radius 1 is 1.47 bits per heavy atom. The van der Waals surface area contributed by atoms with Gasteiger partial charge in [-0.05, 0) is 25.0 Å². The number of carboxylic acid groups (broad SMARTS) is 1. The van der Waals surface area contributed by atoms with Gasteiger partial charge >= 0.3 is 5.97 Å². The lowest BCUT2D eigenvalue weighted by atomic mass is 10.1. The third kappa shape index (κ3) is 3.36. The van der Waals surface area contributed by atoms with E-state index in [1.807, 2.05) is 26.0 Å². The van der Waals surface area contributed by atoms with Crippen molar-refractivity contribution in [2.75, 3.05) is 6.61 Å². The van der Waals surface area contributed by atoms with Crippen molar-refractivity contribution < 1.29 is 14.6 Å². The van der Waals surface area contributed by atoms with Crippen LogP contribution in [0.15, 0.2) is 18.2 Å². The first-order valence-electron chi connectivity index (χ1n) is 5.05. The molecule has 0 spiro atoms. The van der Waals surface area contributed by atoms with Gasteiger partial charge in [-0.1, -0.05) is 24.6 Å². The number of hydrogen-bond acceptors (Lipinski definition) is 2. The first-order valence-corrected chi connectivity index (χ1v) is 5.05. The number of rotatable bonds is 5. The van der Waals surface area contributed by atoms with E-state index in [9.17, 15) is 4.79 Å². The number of carbonyl (C=O) groups is 1. The van der Waals surface area contributed by atoms with Crippen LogP contribution in [0.1, 0.15) is 34.8 Å². The molecule has 3 nitrogen and oxygen atoms in total. The molecule has 82 valence electrons. The van der Waals surface area contributed by atoms with E-state index in [-0.39, 0.29) is 0 Å². The summed E-state index contributed by atoms with van der Waals surface area (Å²) in [5.74, 6) is -0.895. The van der Waals surface area contributed by atoms with Crippen molar-refractivity contribution in [2.24, 2.45) is 0 Å². The highest BCUT2D eigenvalue weighted by Gasteiger charge is 2.09. The number of carboxylic acids is 1. The zero-order valence-corrected chi connectivity index (χ0v) is 9.12. The molecule has 0 amide bonds. The summed E-state index contributed by atoms with van der Waals surface area (Å²) in [5, 5.41) is 8.99. The molecule has 1 N–H and O–H groups in total. The number of aryl methyl sites for hydroxylation is 1. The van der Waals surface area contributed by atoms with Crippen molar-refractivity contribution in [1.82, 2.24) is 0 Å². The maximum atomic E-state index is 11.0. The summed E-state index contributed by atoms with van der Waals surface area (Å²) in [6, 6.07) is 5.39. The molecule has 0 bridgehead atoms. The molecule has 0 saturated heterocycles. The molecule has 15 heavy (non-hydrogen) atoms. The largest absolute Gasteiger partial charge is 0.478 e. The lowest BCUT2D eigenvalue weighted by Gasteiger charge is -2.07. The topological polar surface area (TPSA) is 46.5 Å². The summed E-state index contributed by atoms with van der Waals surface area (Å²) >= 11 is 0. The zero-order valence-electron chi connectivity index (χ0n) is 9.12. The van der Waals surface area contributed by atoms with Gasteiger partial charge in [-0.2, -0.15) is 0 Å². The minimum absolute atomic E-state index is 0.339. The molecule has 0 radical (unpaired) electrons. The van der Waals surface area contributed by atoms with Gasteiger partial charge in [-0.25, -0.2) is 4.79 Å². The summed E-state index contributed by atoms with van der Waals surface area (Å²) in [6.07, 6.45) is 0.939. The molecule has 0 heterocycles. The number of hydrogen-bond donors (Lipinski definition) is 1. The van der Waals surface area contributed by atoms with Gasteiger partial charge in [0.05, 0.1) is 12.2 Å². The first-order chi connectivity index (χ1) is 7.15. The van der Waals surface area contributed by atoms with Crippen LogP contribution in [0.3, 0.4) is 0 Å². The van der Waals surface area contributed by atoms with Gasteiger partial charge in [-0.3, -0.25) is 0 Å². The smallest absolute Gasteiger partial charge is 0.336 e. The molecule has 0 aliphatic rings. The average Bonchev–Trinajstić information content (AvgIpc) is 2.20. The van der Waals surface area contributed by atoms with Gasteiger partial charge < -0.3 is 9.84 Å². The fraction of sp³-hybridized carbons (Fsp3) is 0.417. The lowest BCUT2D eigenvalue weighted by Crippen LogP contribution is -2.05. The molecule has 0 aliphatic carbocycles. The molecular weight excluding hydrogens is 192 g/mol. The van der Waals surface area contributed by atoms with E-state index < -0.39 is 5.97 Å². The van der Waals surface area contributed by atoms with Crippen LogP contribution in [0.4, 0.5) is 0 Å². The molecule has 0 fully saturated rings. The molecule has 0 unspecified atom stereocenters. The second-order valence-corrected chi connectivity index (χ2v) is 3.52. The van der Waals surface area contributed by atoms with Crippen molar-refractivity contribution in [3.8, 4) is 0 Å². The maximum absolute atomic E-state index is 11.0. The summed E-state index contributed by atoms with van der Waals surface area (Å²) < 4.78 is 5.34. The Kier molecular flexibility index (Phi) is 4.31. The van der Waals surface area contributed by atoms with E-state index in [0.29, 0.717) is 18.8 Å². The van der Waals surface area contributed by atoms with Gasteiger partial charge in [0.15, 0.2) is 0 Å². The lowest BCUT2D eigenvalue weighted by molar-refractivity contribution is 0.0687. The van der Waals surface area contributed by atoms with Gasteiger partial charge in [-0.15, -0.1) is 0 Å². The quantitative estimate of drug-likeness (QED) is 0.756. The maximum Gasteiger partial charge on any atom is 0.336 e. The Labute approximate surface area is 89.7 Å². The third-order valence-electron chi connectivity index (χ3n) is 2.10. The van der Waals surface area contributed by atoms with Crippen LogP contribution >= 0.6 is 0 Å². The van der Waals surface area contributed by atoms with E-state index >= 15 is 0 Å². The van der Waals surface area contributed by atoms with Crippen LogP contribution in [0.2, 0.25) is 0 Å². The first kappa shape index (κ1) is 11.7. The molecule has 3 heteroatoms. The van der Waals surface area contributed by atoms with Gasteiger partial charge in [0, 0.05) is 6.61 Å². The second-order valence-electron chi connectivity index (χ2n) is 3.52. The number of aromatic carboxylic acids is 1. The van der Waals surface area contributed by atoms with Crippen molar-refractivity contribution in [2.45, 2.75) is 26.9 Å². The van der Waals surface area contributed by atoms with Crippen LogP contribution in [-0.2, 0) is 11.3 Å². The third-order valence-corrected chi connectivity index (χ3v) is 2.10. The molecule has 0 aliphatic heterocycles. The van der Waals surface area contributed by atoms with Crippen LogP contribution in [0.5, 0.6) is 0 Å². The van der Waals surface area contributed by atoms with Gasteiger partial charge in [0.2, 0.25) is 0 Å². The summed E-state index contributed by atoms with van der Waals surface area (Å²) in [6.45, 7) is 4.93. The highest BCUT2D eigenvalue weighted by atomic mass is 16.5. The fourth-order valence-corrected chi connectivity index (χ4v) is 1.34. The molecule has 0 aromatic heterocycles. The Morgan fingerprint density at radius 2 is 2.20 bits per heavy atom. The van der Waals surface area contributed by atoms with E-state index in [2.05, 4.69) is 0 Å². The minimum atomic E-state index is -0.895. The predicted octanol–water partition coefficient (Wildman–Crippen LogP) is 2.62. The monoisotopic (exact) mass is 208 g/mol. The van der Waals surface area contributed by atoms with Crippen molar-refractivity contribution >= 4 is 5.97 Å². The number of ether oxygens (including phenoxy) is 1. The highest BCUT2D eigenvalue weighted by molar-refractivity contribution is 5.89. The molecule has 1 rings (SSSR count). The summed E-state index contributed by atoms with van der Waals surface area (Å²) in [5.41, 5.74) is 2.03. The van der Waals surface area contributed by atoms with Gasteiger partial charge in [0.1, 0.15) is 0 Å². The van der Waals surface area contributed by atoms with E-state index in [0.717, 1.165) is 17.5 Å². The highest BCUT2D eigenvalue weighted by Crippen LogP contribution is 2.13. The molecular formula is C12H16O3. The summed E-state index contributed by atoms with van der Waals surface area (Å²) in [7, 11) is 0. The van der Waals surface area contributed by atoms with E-state index in [1.54, 1.807) is 6.07 Å². The molecule has 1 aromatic rings. The zero-order chi connectivity index (χ0) is 11.3. The van der Waals surface area contributed by atoms with E-state index in [1.165, 1.54) is 0 Å². The SMILES string of the molecule is CCCOCc1ccc(C)cc1C(=O)O. The Hall–Kier alpha value is -1.35. The number of benzene rings is 1. The molecule has 1 aromatic carbocycles. The summed E-state index contributed by atoms with van der Waals surface area (Å²) in [4.78, 5) is 11.0.